The molecular formula is C21H40KO6P. The summed E-state index contributed by atoms with van der Waals surface area (Å²) < 4.78 is 25.9. The molecule has 0 aromatic heterocycles. The molecule has 1 aliphatic heterocycles. The van der Waals surface area contributed by atoms with Gasteiger partial charge >= 0.3 is 51.4 Å². The van der Waals surface area contributed by atoms with E-state index in [2.05, 4.69) is 23.6 Å². The number of allylic oxidation sites excluding steroid dienone is 2. The van der Waals surface area contributed by atoms with Crippen molar-refractivity contribution in [3.8, 4) is 0 Å². The van der Waals surface area contributed by atoms with Gasteiger partial charge in [0.25, 0.3) is 7.82 Å². The molecular weight excluding hydrogens is 418 g/mol. The number of ether oxygens (including phenoxy) is 2. The van der Waals surface area contributed by atoms with Gasteiger partial charge in [-0.05, 0) is 38.5 Å². The first kappa shape index (κ1) is 30.4. The van der Waals surface area contributed by atoms with Gasteiger partial charge in [0.15, 0.2) is 6.29 Å². The van der Waals surface area contributed by atoms with Crippen LogP contribution in [0.3, 0.4) is 0 Å². The third-order valence-electron chi connectivity index (χ3n) is 4.94. The van der Waals surface area contributed by atoms with Crippen LogP contribution >= 0.6 is 7.82 Å². The molecule has 1 aliphatic rings. The van der Waals surface area contributed by atoms with Gasteiger partial charge < -0.3 is 23.8 Å². The fourth-order valence-electron chi connectivity index (χ4n) is 3.31. The maximum atomic E-state index is 10.6. The second-order valence-corrected chi connectivity index (χ2v) is 8.85. The third kappa shape index (κ3) is 19.8. The van der Waals surface area contributed by atoms with Gasteiger partial charge in [0.05, 0.1) is 13.2 Å². The van der Waals surface area contributed by atoms with E-state index >= 15 is 0 Å². The summed E-state index contributed by atoms with van der Waals surface area (Å²) in [6, 6.07) is 0. The van der Waals surface area contributed by atoms with E-state index in [9.17, 15) is 9.46 Å². The average molecular weight is 459 g/mol. The summed E-state index contributed by atoms with van der Waals surface area (Å²) >= 11 is 0. The number of phosphoric acid groups is 1. The molecule has 0 amide bonds. The molecule has 1 unspecified atom stereocenters. The molecule has 1 N–H and O–H groups in total. The van der Waals surface area contributed by atoms with Crippen LogP contribution in [0.25, 0.3) is 0 Å². The fourth-order valence-corrected chi connectivity index (χ4v) is 3.66. The Labute approximate surface area is 220 Å². The van der Waals surface area contributed by atoms with Gasteiger partial charge in [-0.1, -0.05) is 70.4 Å². The van der Waals surface area contributed by atoms with E-state index in [-0.39, 0.29) is 64.3 Å². The minimum atomic E-state index is -4.68. The molecule has 3 atom stereocenters. The molecule has 8 heteroatoms. The smallest absolute Gasteiger partial charge is 0.756 e. The summed E-state index contributed by atoms with van der Waals surface area (Å²) in [6.07, 6.45) is 21.2. The molecule has 0 saturated carbocycles. The van der Waals surface area contributed by atoms with Crippen LogP contribution in [0.1, 0.15) is 96.8 Å². The Balaban J connectivity index is 0.00000784. The van der Waals surface area contributed by atoms with Crippen molar-refractivity contribution >= 4 is 7.82 Å². The predicted octanol–water partition coefficient (Wildman–Crippen LogP) is 2.25. The van der Waals surface area contributed by atoms with Gasteiger partial charge in [-0.25, -0.2) is 0 Å². The van der Waals surface area contributed by atoms with Crippen molar-refractivity contribution in [2.24, 2.45) is 0 Å². The van der Waals surface area contributed by atoms with E-state index in [4.69, 9.17) is 14.4 Å². The van der Waals surface area contributed by atoms with Crippen LogP contribution in [-0.2, 0) is 18.6 Å². The Morgan fingerprint density at radius 2 is 1.55 bits per heavy atom. The van der Waals surface area contributed by atoms with Gasteiger partial charge in [-0.15, -0.1) is 0 Å². The number of hydrogen-bond donors (Lipinski definition) is 1. The number of hydrogen-bond acceptors (Lipinski definition) is 5. The topological polar surface area (TPSA) is 88.1 Å². The molecule has 1 fully saturated rings. The number of phosphoric ester groups is 1. The first-order valence-electron chi connectivity index (χ1n) is 11.1. The quantitative estimate of drug-likeness (QED) is 0.147. The van der Waals surface area contributed by atoms with Gasteiger partial charge in [0, 0.05) is 0 Å². The number of unbranched alkanes of at least 4 members (excludes halogenated alkanes) is 11. The molecule has 0 aromatic rings. The summed E-state index contributed by atoms with van der Waals surface area (Å²) in [5.74, 6) is 0. The largest absolute Gasteiger partial charge is 1.00 e. The van der Waals surface area contributed by atoms with Crippen molar-refractivity contribution in [1.82, 2.24) is 0 Å². The summed E-state index contributed by atoms with van der Waals surface area (Å²) in [5.41, 5.74) is 0. The Kier molecular flexibility index (Phi) is 21.0. The van der Waals surface area contributed by atoms with Crippen molar-refractivity contribution in [2.45, 2.75) is 109 Å². The first-order chi connectivity index (χ1) is 13.5. The molecule has 0 aromatic carbocycles. The Morgan fingerprint density at radius 1 is 1.00 bits per heavy atom. The monoisotopic (exact) mass is 458 g/mol. The van der Waals surface area contributed by atoms with E-state index in [1.807, 2.05) is 0 Å². The first-order valence-corrected chi connectivity index (χ1v) is 12.6. The predicted molar refractivity (Wildman–Crippen MR) is 110 cm³/mol. The van der Waals surface area contributed by atoms with E-state index < -0.39 is 13.9 Å². The summed E-state index contributed by atoms with van der Waals surface area (Å²) in [4.78, 5) is 19.1. The summed E-state index contributed by atoms with van der Waals surface area (Å²) in [6.45, 7) is 2.36. The molecule has 1 rings (SSSR count). The Bertz CT molecular complexity index is 443. The molecule has 0 aliphatic carbocycles. The second kappa shape index (κ2) is 20.0. The summed E-state index contributed by atoms with van der Waals surface area (Å²) in [5, 5.41) is 0. The van der Waals surface area contributed by atoms with E-state index in [1.54, 1.807) is 0 Å². The maximum absolute atomic E-state index is 10.6. The minimum Gasteiger partial charge on any atom is -0.756 e. The molecule has 6 nitrogen and oxygen atoms in total. The van der Waals surface area contributed by atoms with Crippen molar-refractivity contribution in [1.29, 1.82) is 0 Å². The van der Waals surface area contributed by atoms with Gasteiger partial charge in [0.2, 0.25) is 0 Å². The van der Waals surface area contributed by atoms with Gasteiger partial charge in [-0.3, -0.25) is 4.57 Å². The molecule has 0 radical (unpaired) electrons. The third-order valence-corrected chi connectivity index (χ3v) is 5.41. The Hall–Kier alpha value is 1.41. The van der Waals surface area contributed by atoms with Crippen LogP contribution in [0.5, 0.6) is 0 Å². The van der Waals surface area contributed by atoms with Gasteiger partial charge in [0.1, 0.15) is 6.10 Å². The fraction of sp³-hybridized carbons (Fsp3) is 0.905. The normalized spacial score (nSPS) is 21.3. The summed E-state index contributed by atoms with van der Waals surface area (Å²) in [7, 11) is -4.68. The van der Waals surface area contributed by atoms with E-state index in [1.165, 1.54) is 70.6 Å². The van der Waals surface area contributed by atoms with Gasteiger partial charge in [-0.2, -0.15) is 0 Å². The second-order valence-electron chi connectivity index (χ2n) is 7.66. The standard InChI is InChI=1S/C21H41O6P.K/c1-2-3-4-5-6-7-8-9-10-11-12-13-14-15-16-17-21-25-18-20(27-21)19-26-28(22,23)24;/h8-9,20-21H,2-7,10-19H2,1H3,(H2,22,23,24);/q;+1/p-1/b9-8+;/t20-,21+;/m1./s1. The number of rotatable bonds is 18. The zero-order valence-corrected chi connectivity index (χ0v) is 22.6. The van der Waals surface area contributed by atoms with Crippen LogP contribution in [0.4, 0.5) is 0 Å². The molecule has 0 spiro atoms. The zero-order chi connectivity index (χ0) is 20.5. The SMILES string of the molecule is CCCCCCC/C=C/CCCCCCCC[C@H]1OC[C@H](COP(=O)([O-])O)O1.[K+]. The molecule has 29 heavy (non-hydrogen) atoms. The van der Waals surface area contributed by atoms with Crippen LogP contribution in [0.15, 0.2) is 12.2 Å². The van der Waals surface area contributed by atoms with Crippen molar-refractivity contribution in [2.75, 3.05) is 13.2 Å². The van der Waals surface area contributed by atoms with Crippen LogP contribution in [0.2, 0.25) is 0 Å². The maximum Gasteiger partial charge on any atom is 1.00 e. The average Bonchev–Trinajstić information content (AvgIpc) is 3.10. The Morgan fingerprint density at radius 3 is 2.14 bits per heavy atom. The van der Waals surface area contributed by atoms with Crippen LogP contribution < -0.4 is 56.3 Å². The minimum absolute atomic E-state index is 0. The zero-order valence-electron chi connectivity index (χ0n) is 18.6. The van der Waals surface area contributed by atoms with Crippen molar-refractivity contribution in [3.63, 3.8) is 0 Å². The van der Waals surface area contributed by atoms with Crippen molar-refractivity contribution < 1.29 is 79.7 Å². The molecule has 1 saturated heterocycles. The van der Waals surface area contributed by atoms with Crippen molar-refractivity contribution in [3.05, 3.63) is 12.2 Å². The van der Waals surface area contributed by atoms with Crippen LogP contribution in [-0.4, -0.2) is 30.5 Å². The van der Waals surface area contributed by atoms with E-state index in [0.717, 1.165) is 19.3 Å². The van der Waals surface area contributed by atoms with Crippen LogP contribution in [0, 0.1) is 0 Å². The van der Waals surface area contributed by atoms with E-state index in [0.29, 0.717) is 6.61 Å². The molecule has 0 bridgehead atoms. The molecule has 1 heterocycles. The molecule has 166 valence electrons.